The fourth-order valence-corrected chi connectivity index (χ4v) is 2.11. The van der Waals surface area contributed by atoms with Crippen LogP contribution in [0.3, 0.4) is 0 Å². The molecule has 1 aliphatic heterocycles. The lowest BCUT2D eigenvalue weighted by atomic mass is 10.1. The van der Waals surface area contributed by atoms with Crippen molar-refractivity contribution in [2.75, 3.05) is 13.1 Å². The number of carbonyl (C=O) groups excluding carboxylic acids is 1. The van der Waals surface area contributed by atoms with E-state index in [0.29, 0.717) is 10.6 Å². The first-order valence-electron chi connectivity index (χ1n) is 5.53. The van der Waals surface area contributed by atoms with Crippen LogP contribution in [0, 0.1) is 0 Å². The highest BCUT2D eigenvalue weighted by Gasteiger charge is 2.17. The lowest BCUT2D eigenvalue weighted by Crippen LogP contribution is -2.45. The van der Waals surface area contributed by atoms with E-state index in [4.69, 9.17) is 11.6 Å². The van der Waals surface area contributed by atoms with E-state index < -0.39 is 0 Å². The zero-order valence-corrected chi connectivity index (χ0v) is 9.76. The Morgan fingerprint density at radius 3 is 2.94 bits per heavy atom. The van der Waals surface area contributed by atoms with Crippen LogP contribution in [0.15, 0.2) is 24.3 Å². The minimum absolute atomic E-state index is 0.0840. The summed E-state index contributed by atoms with van der Waals surface area (Å²) < 4.78 is 0. The average Bonchev–Trinajstić information content (AvgIpc) is 2.31. The van der Waals surface area contributed by atoms with Crippen LogP contribution in [0.1, 0.15) is 23.2 Å². The molecule has 0 unspecified atom stereocenters. The van der Waals surface area contributed by atoms with E-state index in [1.54, 1.807) is 12.1 Å². The fourth-order valence-electron chi connectivity index (χ4n) is 1.88. The van der Waals surface area contributed by atoms with E-state index in [1.807, 2.05) is 12.1 Å². The van der Waals surface area contributed by atoms with Gasteiger partial charge in [-0.2, -0.15) is 0 Å². The van der Waals surface area contributed by atoms with Gasteiger partial charge in [0, 0.05) is 12.6 Å². The Morgan fingerprint density at radius 2 is 2.25 bits per heavy atom. The van der Waals surface area contributed by atoms with E-state index in [-0.39, 0.29) is 11.9 Å². The third kappa shape index (κ3) is 2.74. The molecule has 2 rings (SSSR count). The third-order valence-corrected chi connectivity index (χ3v) is 3.08. The molecule has 1 fully saturated rings. The van der Waals surface area contributed by atoms with Gasteiger partial charge in [-0.25, -0.2) is 0 Å². The highest BCUT2D eigenvalue weighted by molar-refractivity contribution is 6.33. The maximum absolute atomic E-state index is 11.9. The second-order valence-electron chi connectivity index (χ2n) is 4.00. The van der Waals surface area contributed by atoms with Crippen molar-refractivity contribution < 1.29 is 4.79 Å². The van der Waals surface area contributed by atoms with Crippen molar-refractivity contribution in [2.24, 2.45) is 0 Å². The molecule has 1 aliphatic rings. The zero-order chi connectivity index (χ0) is 11.4. The number of benzene rings is 1. The van der Waals surface area contributed by atoms with E-state index in [0.717, 1.165) is 25.9 Å². The second kappa shape index (κ2) is 5.32. The predicted molar refractivity (Wildman–Crippen MR) is 64.8 cm³/mol. The molecule has 3 nitrogen and oxygen atoms in total. The zero-order valence-electron chi connectivity index (χ0n) is 9.00. The van der Waals surface area contributed by atoms with Gasteiger partial charge in [0.05, 0.1) is 10.6 Å². The van der Waals surface area contributed by atoms with Gasteiger partial charge in [0.15, 0.2) is 0 Å². The number of nitrogens with one attached hydrogen (secondary N) is 2. The summed E-state index contributed by atoms with van der Waals surface area (Å²) in [5.74, 6) is -0.0840. The summed E-state index contributed by atoms with van der Waals surface area (Å²) >= 11 is 5.96. The summed E-state index contributed by atoms with van der Waals surface area (Å²) in [5.41, 5.74) is 0.551. The standard InChI is InChI=1S/C12H15ClN2O/c13-11-6-2-1-5-10(11)12(16)15-9-4-3-7-14-8-9/h1-2,5-6,9,14H,3-4,7-8H2,(H,15,16)/t9-/m1/s1. The Balaban J connectivity index is 2.00. The number of rotatable bonds is 2. The Kier molecular flexibility index (Phi) is 3.80. The Hall–Kier alpha value is -1.06. The van der Waals surface area contributed by atoms with Gasteiger partial charge in [0.2, 0.25) is 0 Å². The van der Waals surface area contributed by atoms with Crippen LogP contribution in [-0.2, 0) is 0 Å². The van der Waals surface area contributed by atoms with Gasteiger partial charge in [0.1, 0.15) is 0 Å². The van der Waals surface area contributed by atoms with Crippen LogP contribution in [0.25, 0.3) is 0 Å². The minimum Gasteiger partial charge on any atom is -0.348 e. The van der Waals surface area contributed by atoms with Crippen LogP contribution < -0.4 is 10.6 Å². The lowest BCUT2D eigenvalue weighted by Gasteiger charge is -2.23. The molecule has 16 heavy (non-hydrogen) atoms. The Morgan fingerprint density at radius 1 is 1.44 bits per heavy atom. The number of halogens is 1. The van der Waals surface area contributed by atoms with Gasteiger partial charge in [-0.05, 0) is 31.5 Å². The molecule has 0 bridgehead atoms. The van der Waals surface area contributed by atoms with E-state index in [1.165, 1.54) is 0 Å². The molecule has 1 aromatic rings. The smallest absolute Gasteiger partial charge is 0.253 e. The van der Waals surface area contributed by atoms with Crippen LogP contribution >= 0.6 is 11.6 Å². The van der Waals surface area contributed by atoms with Crippen molar-refractivity contribution in [3.8, 4) is 0 Å². The van der Waals surface area contributed by atoms with Gasteiger partial charge < -0.3 is 10.6 Å². The molecule has 1 saturated heterocycles. The van der Waals surface area contributed by atoms with Gasteiger partial charge >= 0.3 is 0 Å². The predicted octanol–water partition coefficient (Wildman–Crippen LogP) is 1.82. The van der Waals surface area contributed by atoms with Crippen LogP contribution in [0.4, 0.5) is 0 Å². The summed E-state index contributed by atoms with van der Waals surface area (Å²) in [5, 5.41) is 6.75. The van der Waals surface area contributed by atoms with E-state index in [2.05, 4.69) is 10.6 Å². The first-order valence-corrected chi connectivity index (χ1v) is 5.91. The highest BCUT2D eigenvalue weighted by atomic mass is 35.5. The normalized spacial score (nSPS) is 20.4. The van der Waals surface area contributed by atoms with Gasteiger partial charge in [-0.1, -0.05) is 23.7 Å². The van der Waals surface area contributed by atoms with Crippen molar-refractivity contribution in [1.82, 2.24) is 10.6 Å². The summed E-state index contributed by atoms with van der Waals surface area (Å²) in [7, 11) is 0. The molecule has 1 heterocycles. The summed E-state index contributed by atoms with van der Waals surface area (Å²) in [6.07, 6.45) is 2.14. The van der Waals surface area contributed by atoms with Crippen molar-refractivity contribution in [3.63, 3.8) is 0 Å². The van der Waals surface area contributed by atoms with Crippen molar-refractivity contribution in [3.05, 3.63) is 34.9 Å². The Labute approximate surface area is 100 Å². The highest BCUT2D eigenvalue weighted by Crippen LogP contribution is 2.15. The Bertz CT molecular complexity index is 375. The lowest BCUT2D eigenvalue weighted by molar-refractivity contribution is 0.0931. The van der Waals surface area contributed by atoms with Gasteiger partial charge in [0.25, 0.3) is 5.91 Å². The first kappa shape index (κ1) is 11.4. The summed E-state index contributed by atoms with van der Waals surface area (Å²) in [6, 6.07) is 7.34. The molecular weight excluding hydrogens is 224 g/mol. The average molecular weight is 239 g/mol. The second-order valence-corrected chi connectivity index (χ2v) is 4.40. The molecule has 1 amide bonds. The number of piperidine rings is 1. The van der Waals surface area contributed by atoms with Crippen LogP contribution in [0.2, 0.25) is 5.02 Å². The molecule has 0 spiro atoms. The third-order valence-electron chi connectivity index (χ3n) is 2.75. The molecular formula is C12H15ClN2O. The van der Waals surface area contributed by atoms with Crippen molar-refractivity contribution in [1.29, 1.82) is 0 Å². The van der Waals surface area contributed by atoms with E-state index >= 15 is 0 Å². The number of hydrogen-bond acceptors (Lipinski definition) is 2. The summed E-state index contributed by atoms with van der Waals surface area (Å²) in [6.45, 7) is 1.88. The molecule has 0 aromatic heterocycles. The summed E-state index contributed by atoms with van der Waals surface area (Å²) in [4.78, 5) is 11.9. The number of amides is 1. The molecule has 0 aliphatic carbocycles. The molecule has 1 atom stereocenters. The van der Waals surface area contributed by atoms with Crippen molar-refractivity contribution >= 4 is 17.5 Å². The molecule has 1 aromatic carbocycles. The first-order chi connectivity index (χ1) is 7.77. The fraction of sp³-hybridized carbons (Fsp3) is 0.417. The van der Waals surface area contributed by atoms with Crippen molar-refractivity contribution in [2.45, 2.75) is 18.9 Å². The van der Waals surface area contributed by atoms with Gasteiger partial charge in [-0.3, -0.25) is 4.79 Å². The topological polar surface area (TPSA) is 41.1 Å². The molecule has 2 N–H and O–H groups in total. The monoisotopic (exact) mass is 238 g/mol. The largest absolute Gasteiger partial charge is 0.348 e. The van der Waals surface area contributed by atoms with Gasteiger partial charge in [-0.15, -0.1) is 0 Å². The maximum atomic E-state index is 11.9. The molecule has 4 heteroatoms. The van der Waals surface area contributed by atoms with E-state index in [9.17, 15) is 4.79 Å². The SMILES string of the molecule is O=C(N[C@@H]1CCCNC1)c1ccccc1Cl. The molecule has 0 saturated carbocycles. The molecule has 86 valence electrons. The van der Waals surface area contributed by atoms with Crippen LogP contribution in [0.5, 0.6) is 0 Å². The maximum Gasteiger partial charge on any atom is 0.253 e. The quantitative estimate of drug-likeness (QED) is 0.825. The number of hydrogen-bond donors (Lipinski definition) is 2. The van der Waals surface area contributed by atoms with Crippen LogP contribution in [-0.4, -0.2) is 25.0 Å². The minimum atomic E-state index is -0.0840. The number of carbonyl (C=O) groups is 1. The molecule has 0 radical (unpaired) electrons.